The normalized spacial score (nSPS) is 14.1. The number of aryl methyl sites for hydroxylation is 1. The molecule has 0 unspecified atom stereocenters. The van der Waals surface area contributed by atoms with Gasteiger partial charge in [0.25, 0.3) is 0 Å². The Morgan fingerprint density at radius 2 is 1.77 bits per heavy atom. The van der Waals surface area contributed by atoms with Crippen molar-refractivity contribution in [3.05, 3.63) is 52.6 Å². The SMILES string of the molecule is Cc1ccc(S(=O)(=O)N(C)C)cc1-c1cc(C(F)(F)F)cc2c1C=NC2. The van der Waals surface area contributed by atoms with E-state index in [0.717, 1.165) is 16.4 Å². The Morgan fingerprint density at radius 3 is 2.38 bits per heavy atom. The zero-order chi connectivity index (χ0) is 19.3. The fraction of sp³-hybridized carbons (Fsp3) is 0.278. The van der Waals surface area contributed by atoms with Crippen LogP contribution in [0.1, 0.15) is 22.3 Å². The molecular weight excluding hydrogens is 365 g/mol. The minimum Gasteiger partial charge on any atom is -0.288 e. The molecule has 4 nitrogen and oxygen atoms in total. The summed E-state index contributed by atoms with van der Waals surface area (Å²) in [6.45, 7) is 1.92. The largest absolute Gasteiger partial charge is 0.416 e. The molecule has 0 aliphatic carbocycles. The van der Waals surface area contributed by atoms with Gasteiger partial charge in [-0.05, 0) is 53.4 Å². The van der Waals surface area contributed by atoms with Gasteiger partial charge in [0.2, 0.25) is 10.0 Å². The Morgan fingerprint density at radius 1 is 1.08 bits per heavy atom. The van der Waals surface area contributed by atoms with E-state index in [1.54, 1.807) is 13.0 Å². The summed E-state index contributed by atoms with van der Waals surface area (Å²) in [6.07, 6.45) is -2.95. The second kappa shape index (κ2) is 6.21. The maximum Gasteiger partial charge on any atom is 0.416 e. The lowest BCUT2D eigenvalue weighted by atomic mass is 9.92. The van der Waals surface area contributed by atoms with Gasteiger partial charge in [0, 0.05) is 25.9 Å². The van der Waals surface area contributed by atoms with Gasteiger partial charge in [-0.25, -0.2) is 12.7 Å². The minimum atomic E-state index is -4.49. The van der Waals surface area contributed by atoms with E-state index in [-0.39, 0.29) is 11.4 Å². The Kier molecular flexibility index (Phi) is 4.44. The highest BCUT2D eigenvalue weighted by molar-refractivity contribution is 7.89. The molecule has 3 rings (SSSR count). The van der Waals surface area contributed by atoms with E-state index in [1.807, 2.05) is 0 Å². The van der Waals surface area contributed by atoms with Crippen molar-refractivity contribution in [2.24, 2.45) is 4.99 Å². The molecule has 2 aromatic carbocycles. The Balaban J connectivity index is 2.28. The van der Waals surface area contributed by atoms with Crippen LogP contribution in [-0.2, 0) is 22.7 Å². The molecule has 0 atom stereocenters. The highest BCUT2D eigenvalue weighted by atomic mass is 32.2. The third-order valence-corrected chi connectivity index (χ3v) is 6.16. The molecule has 0 fully saturated rings. The van der Waals surface area contributed by atoms with Crippen molar-refractivity contribution in [3.63, 3.8) is 0 Å². The van der Waals surface area contributed by atoms with E-state index < -0.39 is 21.8 Å². The van der Waals surface area contributed by atoms with Gasteiger partial charge >= 0.3 is 6.18 Å². The average Bonchev–Trinajstić information content (AvgIpc) is 3.02. The van der Waals surface area contributed by atoms with Crippen LogP contribution in [0.25, 0.3) is 11.1 Å². The van der Waals surface area contributed by atoms with Crippen LogP contribution in [0.4, 0.5) is 13.2 Å². The van der Waals surface area contributed by atoms with Crippen molar-refractivity contribution < 1.29 is 21.6 Å². The van der Waals surface area contributed by atoms with Crippen LogP contribution in [0.3, 0.4) is 0 Å². The molecule has 1 aliphatic rings. The Labute approximate surface area is 150 Å². The molecule has 138 valence electrons. The summed E-state index contributed by atoms with van der Waals surface area (Å²) in [5.41, 5.74) is 1.78. The fourth-order valence-electron chi connectivity index (χ4n) is 2.88. The van der Waals surface area contributed by atoms with Crippen LogP contribution in [-0.4, -0.2) is 33.0 Å². The highest BCUT2D eigenvalue weighted by Gasteiger charge is 2.33. The topological polar surface area (TPSA) is 49.7 Å². The van der Waals surface area contributed by atoms with Crippen LogP contribution in [0, 0.1) is 6.92 Å². The van der Waals surface area contributed by atoms with Gasteiger partial charge < -0.3 is 0 Å². The number of alkyl halides is 3. The molecule has 1 aliphatic heterocycles. The van der Waals surface area contributed by atoms with Gasteiger partial charge in [0.1, 0.15) is 0 Å². The molecule has 0 bridgehead atoms. The van der Waals surface area contributed by atoms with Crippen LogP contribution in [0.15, 0.2) is 40.2 Å². The molecule has 1 heterocycles. The number of fused-ring (bicyclic) bond motifs is 1. The smallest absolute Gasteiger partial charge is 0.288 e. The zero-order valence-electron chi connectivity index (χ0n) is 14.4. The Bertz CT molecular complexity index is 1010. The number of halogens is 3. The molecule has 26 heavy (non-hydrogen) atoms. The summed E-state index contributed by atoms with van der Waals surface area (Å²) in [6, 6.07) is 6.64. The molecule has 8 heteroatoms. The second-order valence-corrected chi connectivity index (χ2v) is 8.48. The number of aliphatic imine (C=N–C) groups is 1. The number of benzene rings is 2. The fourth-order valence-corrected chi connectivity index (χ4v) is 3.81. The van der Waals surface area contributed by atoms with Crippen molar-refractivity contribution in [3.8, 4) is 11.1 Å². The monoisotopic (exact) mass is 382 g/mol. The number of rotatable bonds is 3. The van der Waals surface area contributed by atoms with E-state index in [9.17, 15) is 21.6 Å². The average molecular weight is 382 g/mol. The molecular formula is C18H17F3N2O2S. The number of hydrogen-bond donors (Lipinski definition) is 0. The Hall–Kier alpha value is -2.19. The summed E-state index contributed by atoms with van der Waals surface area (Å²) < 4.78 is 65.7. The lowest BCUT2D eigenvalue weighted by molar-refractivity contribution is -0.137. The highest BCUT2D eigenvalue weighted by Crippen LogP contribution is 2.38. The summed E-state index contributed by atoms with van der Waals surface area (Å²) >= 11 is 0. The molecule has 2 aromatic rings. The van der Waals surface area contributed by atoms with Gasteiger partial charge in [-0.2, -0.15) is 13.2 Å². The molecule has 0 saturated carbocycles. The zero-order valence-corrected chi connectivity index (χ0v) is 15.2. The van der Waals surface area contributed by atoms with Crippen LogP contribution in [0.5, 0.6) is 0 Å². The minimum absolute atomic E-state index is 0.0317. The van der Waals surface area contributed by atoms with E-state index >= 15 is 0 Å². The maximum atomic E-state index is 13.3. The quantitative estimate of drug-likeness (QED) is 0.809. The van der Waals surface area contributed by atoms with E-state index in [1.165, 1.54) is 32.4 Å². The van der Waals surface area contributed by atoms with E-state index in [4.69, 9.17) is 0 Å². The first-order valence-corrected chi connectivity index (χ1v) is 9.23. The third kappa shape index (κ3) is 3.14. The molecule has 0 radical (unpaired) electrons. The maximum absolute atomic E-state index is 13.3. The number of hydrogen-bond acceptors (Lipinski definition) is 3. The molecule has 0 aromatic heterocycles. The van der Waals surface area contributed by atoms with E-state index in [2.05, 4.69) is 4.99 Å². The number of nitrogens with zero attached hydrogens (tertiary/aromatic N) is 2. The predicted molar refractivity (Wildman–Crippen MR) is 93.8 cm³/mol. The molecule has 0 spiro atoms. The summed E-state index contributed by atoms with van der Waals surface area (Å²) in [7, 11) is -0.887. The van der Waals surface area contributed by atoms with Gasteiger partial charge in [-0.1, -0.05) is 6.07 Å². The number of sulfonamides is 1. The third-order valence-electron chi connectivity index (χ3n) is 4.35. The first kappa shape index (κ1) is 18.6. The van der Waals surface area contributed by atoms with Gasteiger partial charge in [-0.3, -0.25) is 4.99 Å². The van der Waals surface area contributed by atoms with Crippen molar-refractivity contribution in [1.29, 1.82) is 0 Å². The van der Waals surface area contributed by atoms with Crippen LogP contribution < -0.4 is 0 Å². The van der Waals surface area contributed by atoms with Crippen molar-refractivity contribution >= 4 is 16.2 Å². The lowest BCUT2D eigenvalue weighted by Crippen LogP contribution is -2.22. The van der Waals surface area contributed by atoms with Crippen molar-refractivity contribution in [1.82, 2.24) is 4.31 Å². The second-order valence-electron chi connectivity index (χ2n) is 6.33. The summed E-state index contributed by atoms with van der Waals surface area (Å²) in [4.78, 5) is 4.10. The first-order chi connectivity index (χ1) is 12.0. The first-order valence-electron chi connectivity index (χ1n) is 7.79. The predicted octanol–water partition coefficient (Wildman–Crippen LogP) is 3.86. The van der Waals surface area contributed by atoms with E-state index in [0.29, 0.717) is 27.8 Å². The van der Waals surface area contributed by atoms with Crippen molar-refractivity contribution in [2.75, 3.05) is 14.1 Å². The van der Waals surface area contributed by atoms with Gasteiger partial charge in [0.15, 0.2) is 0 Å². The van der Waals surface area contributed by atoms with Crippen LogP contribution in [0.2, 0.25) is 0 Å². The lowest BCUT2D eigenvalue weighted by Gasteiger charge is -2.17. The molecule has 0 N–H and O–H groups in total. The molecule has 0 amide bonds. The van der Waals surface area contributed by atoms with Crippen molar-refractivity contribution in [2.45, 2.75) is 24.5 Å². The molecule has 0 saturated heterocycles. The van der Waals surface area contributed by atoms with Crippen LogP contribution >= 0.6 is 0 Å². The van der Waals surface area contributed by atoms with Gasteiger partial charge in [0.05, 0.1) is 17.0 Å². The van der Waals surface area contributed by atoms with Gasteiger partial charge in [-0.15, -0.1) is 0 Å². The summed E-state index contributed by atoms with van der Waals surface area (Å²) in [5, 5.41) is 0. The summed E-state index contributed by atoms with van der Waals surface area (Å²) in [5.74, 6) is 0. The standard InChI is InChI=1S/C18H17F3N2O2S/c1-11-4-5-14(26(24,25)23(2)3)8-15(11)16-7-13(18(19,20)21)6-12-9-22-10-17(12)16/h4-8,10H,9H2,1-3H3.